The van der Waals surface area contributed by atoms with Gasteiger partial charge in [0.05, 0.1) is 11.9 Å². The van der Waals surface area contributed by atoms with Crippen molar-refractivity contribution in [1.82, 2.24) is 25.5 Å². The molecule has 0 bridgehead atoms. The van der Waals surface area contributed by atoms with Gasteiger partial charge in [-0.15, -0.1) is 10.2 Å². The molecular formula is C21H21F3N6O3S. The molecule has 1 aliphatic rings. The van der Waals surface area contributed by atoms with Gasteiger partial charge in [0.25, 0.3) is 0 Å². The Hall–Kier alpha value is -3.32. The van der Waals surface area contributed by atoms with Gasteiger partial charge in [-0.25, -0.2) is 8.42 Å². The van der Waals surface area contributed by atoms with Crippen LogP contribution in [0.25, 0.3) is 0 Å². The standard InChI is InChI=1S/C21H21F3N6O3S/c1-20(21(22,23)24,19-27-29-30(2)28-19)13-4-6-14(7-5-13)26-18(31)17-16-9-8-15(34(3,32)33)10-12(16)11-25-17/h4-10,17,25H,11H2,1-3H3,(H,26,31). The highest BCUT2D eigenvalue weighted by Crippen LogP contribution is 2.44. The number of tetrazole rings is 1. The van der Waals surface area contributed by atoms with Gasteiger partial charge in [-0.05, 0) is 53.1 Å². The van der Waals surface area contributed by atoms with E-state index in [0.29, 0.717) is 23.4 Å². The summed E-state index contributed by atoms with van der Waals surface area (Å²) in [4.78, 5) is 13.9. The number of halogens is 3. The highest BCUT2D eigenvalue weighted by molar-refractivity contribution is 7.90. The SMILES string of the molecule is Cn1nnc(C(C)(c2ccc(NC(=O)C3NCc4cc(S(C)(=O)=O)ccc43)cc2)C(F)(F)F)n1. The number of nitrogens with zero attached hydrogens (tertiary/aromatic N) is 4. The summed E-state index contributed by atoms with van der Waals surface area (Å²) < 4.78 is 65.5. The number of amides is 1. The molecule has 1 aliphatic heterocycles. The Labute approximate surface area is 193 Å². The second-order valence-electron chi connectivity index (χ2n) is 8.24. The number of alkyl halides is 3. The molecule has 0 radical (unpaired) electrons. The molecule has 13 heteroatoms. The average molecular weight is 494 g/mol. The fraction of sp³-hybridized carbons (Fsp3) is 0.333. The molecule has 0 saturated carbocycles. The fourth-order valence-electron chi connectivity index (χ4n) is 3.81. The predicted octanol–water partition coefficient (Wildman–Crippen LogP) is 2.26. The van der Waals surface area contributed by atoms with E-state index in [4.69, 9.17) is 0 Å². The van der Waals surface area contributed by atoms with Crippen molar-refractivity contribution in [1.29, 1.82) is 0 Å². The number of carbonyl (C=O) groups is 1. The number of fused-ring (bicyclic) bond motifs is 1. The van der Waals surface area contributed by atoms with Crippen molar-refractivity contribution in [3.05, 3.63) is 65.0 Å². The van der Waals surface area contributed by atoms with Gasteiger partial charge < -0.3 is 5.32 Å². The van der Waals surface area contributed by atoms with Crippen LogP contribution in [0.4, 0.5) is 18.9 Å². The molecule has 2 heterocycles. The van der Waals surface area contributed by atoms with Gasteiger partial charge in [0.15, 0.2) is 21.1 Å². The van der Waals surface area contributed by atoms with Crippen LogP contribution in [0.1, 0.15) is 35.5 Å². The van der Waals surface area contributed by atoms with E-state index in [2.05, 4.69) is 26.0 Å². The monoisotopic (exact) mass is 494 g/mol. The third kappa shape index (κ3) is 4.16. The minimum Gasteiger partial charge on any atom is -0.324 e. The Morgan fingerprint density at radius 2 is 1.85 bits per heavy atom. The Bertz CT molecular complexity index is 1350. The fourth-order valence-corrected chi connectivity index (χ4v) is 4.48. The lowest BCUT2D eigenvalue weighted by atomic mass is 9.81. The van der Waals surface area contributed by atoms with Crippen LogP contribution in [0, 0.1) is 0 Å². The maximum atomic E-state index is 14.0. The number of hydrogen-bond donors (Lipinski definition) is 2. The van der Waals surface area contributed by atoms with Gasteiger partial charge in [0.1, 0.15) is 6.04 Å². The maximum absolute atomic E-state index is 14.0. The highest BCUT2D eigenvalue weighted by atomic mass is 32.2. The molecule has 0 spiro atoms. The molecule has 1 amide bonds. The topological polar surface area (TPSA) is 119 Å². The number of aryl methyl sites for hydroxylation is 1. The smallest absolute Gasteiger partial charge is 0.324 e. The number of sulfone groups is 1. The first-order chi connectivity index (χ1) is 15.8. The molecule has 34 heavy (non-hydrogen) atoms. The number of aromatic nitrogens is 4. The second-order valence-corrected chi connectivity index (χ2v) is 10.3. The lowest BCUT2D eigenvalue weighted by molar-refractivity contribution is -0.175. The van der Waals surface area contributed by atoms with Crippen molar-refractivity contribution in [2.24, 2.45) is 7.05 Å². The normalized spacial score (nSPS) is 17.8. The van der Waals surface area contributed by atoms with E-state index < -0.39 is 39.2 Å². The molecule has 0 fully saturated rings. The van der Waals surface area contributed by atoms with Gasteiger partial charge in [0.2, 0.25) is 5.91 Å². The van der Waals surface area contributed by atoms with Crippen molar-refractivity contribution < 1.29 is 26.4 Å². The van der Waals surface area contributed by atoms with E-state index >= 15 is 0 Å². The van der Waals surface area contributed by atoms with Crippen LogP contribution in [0.3, 0.4) is 0 Å². The predicted molar refractivity (Wildman–Crippen MR) is 116 cm³/mol. The second kappa shape index (κ2) is 8.17. The molecule has 3 aromatic rings. The number of anilines is 1. The number of nitrogens with one attached hydrogen (secondary N) is 2. The summed E-state index contributed by atoms with van der Waals surface area (Å²) in [6, 6.07) is 9.08. The number of rotatable bonds is 5. The first-order valence-electron chi connectivity index (χ1n) is 10.1. The highest BCUT2D eigenvalue weighted by Gasteiger charge is 2.56. The molecule has 2 unspecified atom stereocenters. The first kappa shape index (κ1) is 23.8. The van der Waals surface area contributed by atoms with Crippen LogP contribution in [0.15, 0.2) is 47.4 Å². The summed E-state index contributed by atoms with van der Waals surface area (Å²) in [7, 11) is -2.00. The zero-order chi connectivity index (χ0) is 24.9. The van der Waals surface area contributed by atoms with Crippen LogP contribution in [-0.2, 0) is 33.6 Å². The summed E-state index contributed by atoms with van der Waals surface area (Å²) in [5.41, 5.74) is -0.972. The summed E-state index contributed by atoms with van der Waals surface area (Å²) >= 11 is 0. The van der Waals surface area contributed by atoms with Crippen LogP contribution in [0.5, 0.6) is 0 Å². The van der Waals surface area contributed by atoms with Crippen molar-refractivity contribution in [2.45, 2.75) is 36.0 Å². The van der Waals surface area contributed by atoms with Crippen LogP contribution in [0.2, 0.25) is 0 Å². The van der Waals surface area contributed by atoms with Gasteiger partial charge in [-0.2, -0.15) is 18.0 Å². The third-order valence-corrected chi connectivity index (χ3v) is 6.97. The van der Waals surface area contributed by atoms with Crippen molar-refractivity contribution >= 4 is 21.4 Å². The van der Waals surface area contributed by atoms with Crippen molar-refractivity contribution in [3.63, 3.8) is 0 Å². The number of benzene rings is 2. The molecule has 2 aromatic carbocycles. The molecule has 0 saturated heterocycles. The zero-order valence-corrected chi connectivity index (χ0v) is 19.2. The van der Waals surface area contributed by atoms with Gasteiger partial charge in [-0.1, -0.05) is 18.2 Å². The van der Waals surface area contributed by atoms with E-state index in [1.54, 1.807) is 6.07 Å². The largest absolute Gasteiger partial charge is 0.405 e. The molecule has 2 atom stereocenters. The Balaban J connectivity index is 1.55. The van der Waals surface area contributed by atoms with Gasteiger partial charge in [-0.3, -0.25) is 10.1 Å². The molecule has 2 N–H and O–H groups in total. The Kier molecular flexibility index (Phi) is 5.72. The van der Waals surface area contributed by atoms with E-state index in [9.17, 15) is 26.4 Å². The first-order valence-corrected chi connectivity index (χ1v) is 12.0. The lowest BCUT2D eigenvalue weighted by Gasteiger charge is -2.29. The van der Waals surface area contributed by atoms with E-state index in [-0.39, 0.29) is 10.5 Å². The molecule has 4 rings (SSSR count). The molecule has 1 aromatic heterocycles. The molecule has 0 aliphatic carbocycles. The average Bonchev–Trinajstić information content (AvgIpc) is 3.38. The lowest BCUT2D eigenvalue weighted by Crippen LogP contribution is -2.41. The summed E-state index contributed by atoms with van der Waals surface area (Å²) in [5, 5.41) is 16.5. The molecular weight excluding hydrogens is 473 g/mol. The van der Waals surface area contributed by atoms with E-state index in [1.807, 2.05) is 0 Å². The Morgan fingerprint density at radius 3 is 2.41 bits per heavy atom. The number of hydrogen-bond acceptors (Lipinski definition) is 7. The van der Waals surface area contributed by atoms with Crippen LogP contribution < -0.4 is 10.6 Å². The summed E-state index contributed by atoms with van der Waals surface area (Å²) in [5.74, 6) is -0.910. The third-order valence-electron chi connectivity index (χ3n) is 5.86. The maximum Gasteiger partial charge on any atom is 0.405 e. The molecule has 9 nitrogen and oxygen atoms in total. The van der Waals surface area contributed by atoms with E-state index in [0.717, 1.165) is 18.0 Å². The van der Waals surface area contributed by atoms with E-state index in [1.165, 1.54) is 43.4 Å². The Morgan fingerprint density at radius 1 is 1.18 bits per heavy atom. The van der Waals surface area contributed by atoms with Gasteiger partial charge in [0, 0.05) is 18.5 Å². The quantitative estimate of drug-likeness (QED) is 0.559. The van der Waals surface area contributed by atoms with Crippen LogP contribution >= 0.6 is 0 Å². The summed E-state index contributed by atoms with van der Waals surface area (Å²) in [6.45, 7) is 1.28. The summed E-state index contributed by atoms with van der Waals surface area (Å²) in [6.07, 6.45) is -3.59. The number of carbonyl (C=O) groups excluding carboxylic acids is 1. The minimum absolute atomic E-state index is 0.108. The van der Waals surface area contributed by atoms with Crippen LogP contribution in [-0.4, -0.2) is 47.0 Å². The van der Waals surface area contributed by atoms with Gasteiger partial charge >= 0.3 is 6.18 Å². The van der Waals surface area contributed by atoms with Crippen molar-refractivity contribution in [2.75, 3.05) is 11.6 Å². The molecule has 180 valence electrons. The minimum atomic E-state index is -4.69. The van der Waals surface area contributed by atoms with Crippen molar-refractivity contribution in [3.8, 4) is 0 Å². The zero-order valence-electron chi connectivity index (χ0n) is 18.4.